The molecule has 0 spiro atoms. The average Bonchev–Trinajstić information content (AvgIpc) is 3.85. The predicted octanol–water partition coefficient (Wildman–Crippen LogP) is 6.49. The summed E-state index contributed by atoms with van der Waals surface area (Å²) >= 11 is 0. The molecule has 17 heteroatoms. The number of hydroxylamine groups is 1. The lowest BCUT2D eigenvalue weighted by atomic mass is 10.0. The number of nitrogens with one attached hydrogen (secondary N) is 4. The van der Waals surface area contributed by atoms with Gasteiger partial charge in [-0.15, -0.1) is 5.10 Å². The molecule has 17 nitrogen and oxygen atoms in total. The zero-order valence-corrected chi connectivity index (χ0v) is 35.8. The van der Waals surface area contributed by atoms with Crippen LogP contribution in [0.15, 0.2) is 72.9 Å². The van der Waals surface area contributed by atoms with E-state index in [-0.39, 0.29) is 30.0 Å². The maximum atomic E-state index is 13.3. The van der Waals surface area contributed by atoms with Crippen molar-refractivity contribution in [2.75, 3.05) is 30.3 Å². The summed E-state index contributed by atoms with van der Waals surface area (Å²) in [7, 11) is 0. The Kier molecular flexibility index (Phi) is 16.8. The number of rotatable bonds is 24. The number of piperidine rings is 1. The van der Waals surface area contributed by atoms with Crippen LogP contribution in [0.4, 0.5) is 16.2 Å². The molecule has 1 unspecified atom stereocenters. The van der Waals surface area contributed by atoms with Crippen LogP contribution in [0.1, 0.15) is 126 Å². The summed E-state index contributed by atoms with van der Waals surface area (Å²) < 4.78 is 7.85. The summed E-state index contributed by atoms with van der Waals surface area (Å²) in [6, 6.07) is 18.0. The number of hydrogen-bond donors (Lipinski definition) is 5. The normalized spacial score (nSPS) is 14.6. The van der Waals surface area contributed by atoms with Crippen LogP contribution in [0.5, 0.6) is 5.75 Å². The number of amides is 7. The van der Waals surface area contributed by atoms with Crippen molar-refractivity contribution in [2.45, 2.75) is 110 Å². The van der Waals surface area contributed by atoms with Crippen molar-refractivity contribution in [2.24, 2.45) is 0 Å². The molecule has 0 bridgehead atoms. The minimum atomic E-state index is -0.993. The van der Waals surface area contributed by atoms with Gasteiger partial charge in [0, 0.05) is 55.7 Å². The number of carbonyl (C=O) groups excluding carboxylic acids is 6. The SMILES string of the molecule is CCCCN(Cc1ccc(C(=O)NO)cc1)C(=O)Nc1ccc(OCCCCCCCn2cc(CCCCCNc3cccc4c3C(=O)N(C3CCC(=O)NC3=O)C4=O)nn2)cc1. The van der Waals surface area contributed by atoms with Crippen LogP contribution in [0.2, 0.25) is 0 Å². The third-order valence-corrected chi connectivity index (χ3v) is 11.1. The van der Waals surface area contributed by atoms with Gasteiger partial charge in [0.15, 0.2) is 0 Å². The highest BCUT2D eigenvalue weighted by molar-refractivity contribution is 6.25. The second-order valence-electron chi connectivity index (χ2n) is 15.9. The second-order valence-corrected chi connectivity index (χ2v) is 15.9. The van der Waals surface area contributed by atoms with Gasteiger partial charge >= 0.3 is 6.03 Å². The Bertz CT molecular complexity index is 2210. The van der Waals surface area contributed by atoms with E-state index in [1.807, 2.05) is 35.1 Å². The predicted molar refractivity (Wildman–Crippen MR) is 234 cm³/mol. The van der Waals surface area contributed by atoms with Gasteiger partial charge in [0.05, 0.1) is 23.4 Å². The summed E-state index contributed by atoms with van der Waals surface area (Å²) in [5.74, 6) is -1.91. The first-order valence-electron chi connectivity index (χ1n) is 21.9. The number of benzene rings is 3. The summed E-state index contributed by atoms with van der Waals surface area (Å²) in [5.41, 5.74) is 5.54. The van der Waals surface area contributed by atoms with E-state index in [1.54, 1.807) is 52.8 Å². The fraction of sp³-hybridized carbons (Fsp3) is 0.435. The molecule has 334 valence electrons. The lowest BCUT2D eigenvalue weighted by Gasteiger charge is -2.27. The number of hydrogen-bond acceptors (Lipinski definition) is 11. The number of aryl methyl sites for hydroxylation is 2. The Hall–Kier alpha value is -6.62. The van der Waals surface area contributed by atoms with Crippen molar-refractivity contribution in [3.05, 3.63) is 101 Å². The molecule has 1 atom stereocenters. The molecule has 2 aliphatic rings. The van der Waals surface area contributed by atoms with Crippen LogP contribution >= 0.6 is 0 Å². The highest BCUT2D eigenvalue weighted by Gasteiger charge is 2.45. The van der Waals surface area contributed by atoms with Crippen molar-refractivity contribution in [3.63, 3.8) is 0 Å². The Morgan fingerprint density at radius 1 is 0.889 bits per heavy atom. The number of fused-ring (bicyclic) bond motifs is 1. The van der Waals surface area contributed by atoms with Gasteiger partial charge in [-0.2, -0.15) is 0 Å². The Balaban J connectivity index is 0.804. The molecular weight excluding hydrogens is 807 g/mol. The van der Waals surface area contributed by atoms with Gasteiger partial charge in [-0.25, -0.2) is 10.3 Å². The Morgan fingerprint density at radius 3 is 2.41 bits per heavy atom. The largest absolute Gasteiger partial charge is 0.494 e. The average molecular weight is 864 g/mol. The molecule has 7 amide bonds. The van der Waals surface area contributed by atoms with Crippen molar-refractivity contribution in [1.29, 1.82) is 0 Å². The number of unbranched alkanes of at least 4 members (excludes halogenated alkanes) is 7. The van der Waals surface area contributed by atoms with Crippen molar-refractivity contribution >= 4 is 46.9 Å². The van der Waals surface area contributed by atoms with Gasteiger partial charge in [0.25, 0.3) is 17.7 Å². The third kappa shape index (κ3) is 12.7. The topological polar surface area (TPSA) is 217 Å². The Morgan fingerprint density at radius 2 is 1.65 bits per heavy atom. The van der Waals surface area contributed by atoms with Gasteiger partial charge in [0.2, 0.25) is 11.8 Å². The fourth-order valence-corrected chi connectivity index (χ4v) is 7.64. The molecule has 0 radical (unpaired) electrons. The highest BCUT2D eigenvalue weighted by Crippen LogP contribution is 2.32. The third-order valence-electron chi connectivity index (χ3n) is 11.1. The molecule has 5 N–H and O–H groups in total. The molecule has 3 aromatic carbocycles. The van der Waals surface area contributed by atoms with Crippen LogP contribution < -0.4 is 26.2 Å². The van der Waals surface area contributed by atoms with E-state index < -0.39 is 35.6 Å². The quantitative estimate of drug-likeness (QED) is 0.0222. The van der Waals surface area contributed by atoms with Crippen LogP contribution in [0.25, 0.3) is 0 Å². The Labute approximate surface area is 366 Å². The zero-order valence-electron chi connectivity index (χ0n) is 35.8. The van der Waals surface area contributed by atoms with Crippen molar-refractivity contribution in [1.82, 2.24) is 35.6 Å². The number of ether oxygens (including phenoxy) is 1. The van der Waals surface area contributed by atoms with Crippen LogP contribution in [-0.4, -0.2) is 91.3 Å². The van der Waals surface area contributed by atoms with E-state index in [0.717, 1.165) is 99.1 Å². The lowest BCUT2D eigenvalue weighted by Crippen LogP contribution is -2.54. The zero-order chi connectivity index (χ0) is 44.6. The number of anilines is 2. The molecular formula is C46H57N9O8. The first kappa shape index (κ1) is 45.9. The molecule has 4 aromatic rings. The van der Waals surface area contributed by atoms with Gasteiger partial charge in [-0.3, -0.25) is 44.1 Å². The van der Waals surface area contributed by atoms with E-state index in [0.29, 0.717) is 43.2 Å². The molecule has 1 fully saturated rings. The standard InChI is InChI=1S/C46H57N9O8/c1-2-3-27-53(30-32-16-18-33(19-17-32)42(57)51-62)46(61)48-34-20-22-36(23-21-34)63-29-11-6-4-5-10-28-54-31-35(50-52-54)13-8-7-9-26-47-38-15-12-14-37-41(38)45(60)55(44(37)59)39-24-25-40(56)49-43(39)58/h12,14-23,31,39,47,62H,2-11,13,24-30H2,1H3,(H,48,61)(H,51,57)(H,49,56,58). The summed E-state index contributed by atoms with van der Waals surface area (Å²) in [6.07, 6.45) is 12.7. The monoisotopic (exact) mass is 863 g/mol. The summed E-state index contributed by atoms with van der Waals surface area (Å²) in [6.45, 7) is 5.07. The van der Waals surface area contributed by atoms with Crippen LogP contribution in [0, 0.1) is 0 Å². The van der Waals surface area contributed by atoms with E-state index in [4.69, 9.17) is 9.94 Å². The summed E-state index contributed by atoms with van der Waals surface area (Å²) in [5, 5.41) is 26.0. The van der Waals surface area contributed by atoms with Gasteiger partial charge in [0.1, 0.15) is 11.8 Å². The maximum Gasteiger partial charge on any atom is 0.322 e. The molecule has 1 aromatic heterocycles. The molecule has 0 aliphatic carbocycles. The second kappa shape index (κ2) is 23.0. The number of carbonyl (C=O) groups is 6. The molecule has 63 heavy (non-hydrogen) atoms. The smallest absolute Gasteiger partial charge is 0.322 e. The fourth-order valence-electron chi connectivity index (χ4n) is 7.64. The van der Waals surface area contributed by atoms with E-state index >= 15 is 0 Å². The van der Waals surface area contributed by atoms with Gasteiger partial charge in [-0.1, -0.05) is 62.4 Å². The molecule has 0 saturated carbocycles. The van der Waals surface area contributed by atoms with Crippen molar-refractivity contribution in [3.8, 4) is 5.75 Å². The maximum absolute atomic E-state index is 13.3. The van der Waals surface area contributed by atoms with Gasteiger partial charge in [-0.05, 0) is 99.0 Å². The van der Waals surface area contributed by atoms with Crippen molar-refractivity contribution < 1.29 is 38.7 Å². The highest BCUT2D eigenvalue weighted by atomic mass is 16.5. The number of aromatic nitrogens is 3. The lowest BCUT2D eigenvalue weighted by molar-refractivity contribution is -0.136. The first-order chi connectivity index (χ1) is 30.6. The molecule has 1 saturated heterocycles. The number of imide groups is 2. The van der Waals surface area contributed by atoms with Gasteiger partial charge < -0.3 is 20.3 Å². The minimum absolute atomic E-state index is 0.0780. The minimum Gasteiger partial charge on any atom is -0.494 e. The summed E-state index contributed by atoms with van der Waals surface area (Å²) in [4.78, 5) is 77.9. The molecule has 6 rings (SSSR count). The number of nitrogens with zero attached hydrogens (tertiary/aromatic N) is 5. The number of urea groups is 1. The first-order valence-corrected chi connectivity index (χ1v) is 21.9. The van der Waals surface area contributed by atoms with Crippen LogP contribution in [0.3, 0.4) is 0 Å². The van der Waals surface area contributed by atoms with Crippen LogP contribution in [-0.2, 0) is 29.1 Å². The molecule has 3 heterocycles. The van der Waals surface area contributed by atoms with E-state index in [9.17, 15) is 28.8 Å². The van der Waals surface area contributed by atoms with E-state index in [2.05, 4.69) is 33.2 Å². The van der Waals surface area contributed by atoms with E-state index in [1.165, 1.54) is 0 Å². The molecule has 2 aliphatic heterocycles.